The van der Waals surface area contributed by atoms with Crippen LogP contribution in [0.3, 0.4) is 0 Å². The van der Waals surface area contributed by atoms with Crippen molar-refractivity contribution in [2.75, 3.05) is 0 Å². The summed E-state index contributed by atoms with van der Waals surface area (Å²) in [6.07, 6.45) is 0. The van der Waals surface area contributed by atoms with Crippen molar-refractivity contribution in [3.05, 3.63) is 121 Å². The molecule has 0 aromatic heterocycles. The largest absolute Gasteiger partial charge is 0.507 e. The van der Waals surface area contributed by atoms with Crippen LogP contribution in [-0.2, 0) is 4.57 Å². The van der Waals surface area contributed by atoms with Gasteiger partial charge in [0.1, 0.15) is 5.75 Å². The smallest absolute Gasteiger partial charge is 0.172 e. The SMILES string of the molecule is Cc1ccc2c(O)cc(-c3ccccc3)c(P(=O)(c3ccccc3)c3ccccc3)c2c1. The number of fused-ring (bicyclic) bond motifs is 1. The van der Waals surface area contributed by atoms with Crippen molar-refractivity contribution in [1.29, 1.82) is 0 Å². The molecular formula is C29H23O2P. The Kier molecular flexibility index (Phi) is 5.17. The van der Waals surface area contributed by atoms with Gasteiger partial charge < -0.3 is 9.67 Å². The Morgan fingerprint density at radius 1 is 0.625 bits per heavy atom. The normalized spacial score (nSPS) is 11.5. The number of phenolic OH excluding ortho intramolecular Hbond substituents is 1. The van der Waals surface area contributed by atoms with Gasteiger partial charge in [-0.3, -0.25) is 0 Å². The van der Waals surface area contributed by atoms with Crippen LogP contribution in [0.2, 0.25) is 0 Å². The van der Waals surface area contributed by atoms with Gasteiger partial charge in [-0.1, -0.05) is 115 Å². The van der Waals surface area contributed by atoms with Crippen LogP contribution < -0.4 is 15.9 Å². The van der Waals surface area contributed by atoms with Gasteiger partial charge in [0, 0.05) is 21.3 Å². The molecule has 0 radical (unpaired) electrons. The number of aryl methyl sites for hydroxylation is 1. The molecule has 3 heteroatoms. The summed E-state index contributed by atoms with van der Waals surface area (Å²) < 4.78 is 15.4. The maximum absolute atomic E-state index is 15.4. The minimum atomic E-state index is -3.28. The first kappa shape index (κ1) is 20.3. The monoisotopic (exact) mass is 434 g/mol. The molecule has 5 rings (SSSR count). The molecule has 1 N–H and O–H groups in total. The Balaban J connectivity index is 2.00. The number of hydrogen-bond donors (Lipinski definition) is 1. The fourth-order valence-electron chi connectivity index (χ4n) is 4.37. The lowest BCUT2D eigenvalue weighted by atomic mass is 9.99. The highest BCUT2D eigenvalue weighted by Gasteiger charge is 2.34. The van der Waals surface area contributed by atoms with E-state index in [1.54, 1.807) is 6.07 Å². The summed E-state index contributed by atoms with van der Waals surface area (Å²) in [5.74, 6) is 0.190. The summed E-state index contributed by atoms with van der Waals surface area (Å²) in [5, 5.41) is 14.8. The molecule has 0 amide bonds. The van der Waals surface area contributed by atoms with Crippen molar-refractivity contribution in [1.82, 2.24) is 0 Å². The molecule has 0 saturated carbocycles. The van der Waals surface area contributed by atoms with E-state index >= 15 is 4.57 Å². The summed E-state index contributed by atoms with van der Waals surface area (Å²) >= 11 is 0. The first-order chi connectivity index (χ1) is 15.6. The van der Waals surface area contributed by atoms with E-state index in [-0.39, 0.29) is 5.75 Å². The van der Waals surface area contributed by atoms with Gasteiger partial charge in [0.2, 0.25) is 0 Å². The first-order valence-electron chi connectivity index (χ1n) is 10.6. The lowest BCUT2D eigenvalue weighted by Gasteiger charge is -2.25. The third-order valence-corrected chi connectivity index (χ3v) is 9.04. The predicted molar refractivity (Wildman–Crippen MR) is 135 cm³/mol. The van der Waals surface area contributed by atoms with Gasteiger partial charge >= 0.3 is 0 Å². The molecule has 156 valence electrons. The predicted octanol–water partition coefficient (Wildman–Crippen LogP) is 6.16. The van der Waals surface area contributed by atoms with Crippen molar-refractivity contribution in [3.63, 3.8) is 0 Å². The van der Waals surface area contributed by atoms with Gasteiger partial charge in [-0.15, -0.1) is 0 Å². The standard InChI is InChI=1S/C29H23O2P/c1-21-17-18-25-27(19-21)29(26(20-28(25)30)22-11-5-2-6-12-22)32(31,23-13-7-3-8-14-23)24-15-9-4-10-16-24/h2-20,30H,1H3. The molecule has 0 fully saturated rings. The zero-order chi connectivity index (χ0) is 22.1. The molecule has 0 aliphatic carbocycles. The Morgan fingerprint density at radius 3 is 1.72 bits per heavy atom. The molecule has 0 saturated heterocycles. The van der Waals surface area contributed by atoms with E-state index in [0.717, 1.165) is 38.0 Å². The second-order valence-corrected chi connectivity index (χ2v) is 10.7. The minimum absolute atomic E-state index is 0.190. The second-order valence-electron chi connectivity index (χ2n) is 7.99. The molecular weight excluding hydrogens is 411 g/mol. The quantitative estimate of drug-likeness (QED) is 0.344. The zero-order valence-corrected chi connectivity index (χ0v) is 18.7. The molecule has 5 aromatic carbocycles. The Morgan fingerprint density at radius 2 is 1.16 bits per heavy atom. The van der Waals surface area contributed by atoms with Crippen LogP contribution in [-0.4, -0.2) is 5.11 Å². The molecule has 2 nitrogen and oxygen atoms in total. The molecule has 0 aliphatic rings. The fraction of sp³-hybridized carbons (Fsp3) is 0.0345. The van der Waals surface area contributed by atoms with E-state index in [2.05, 4.69) is 0 Å². The van der Waals surface area contributed by atoms with Crippen LogP contribution in [0.4, 0.5) is 0 Å². The maximum Gasteiger partial charge on any atom is 0.172 e. The van der Waals surface area contributed by atoms with Crippen LogP contribution >= 0.6 is 7.14 Å². The number of hydrogen-bond acceptors (Lipinski definition) is 2. The highest BCUT2D eigenvalue weighted by Crippen LogP contribution is 2.49. The van der Waals surface area contributed by atoms with E-state index in [4.69, 9.17) is 0 Å². The number of benzene rings is 5. The van der Waals surface area contributed by atoms with E-state index in [1.807, 2.05) is 116 Å². The first-order valence-corrected chi connectivity index (χ1v) is 12.3. The molecule has 0 heterocycles. The zero-order valence-electron chi connectivity index (χ0n) is 17.8. The molecule has 0 aliphatic heterocycles. The van der Waals surface area contributed by atoms with E-state index in [9.17, 15) is 5.11 Å². The van der Waals surface area contributed by atoms with Gasteiger partial charge in [0.25, 0.3) is 0 Å². The van der Waals surface area contributed by atoms with E-state index in [0.29, 0.717) is 5.39 Å². The highest BCUT2D eigenvalue weighted by atomic mass is 31.2. The Hall–Kier alpha value is -3.61. The maximum atomic E-state index is 15.4. The average molecular weight is 434 g/mol. The fourth-order valence-corrected chi connectivity index (χ4v) is 7.42. The third-order valence-electron chi connectivity index (χ3n) is 5.88. The highest BCUT2D eigenvalue weighted by molar-refractivity contribution is 7.86. The van der Waals surface area contributed by atoms with Crippen molar-refractivity contribution < 1.29 is 9.67 Å². The number of rotatable bonds is 4. The van der Waals surface area contributed by atoms with Crippen molar-refractivity contribution in [3.8, 4) is 16.9 Å². The molecule has 0 spiro atoms. The van der Waals surface area contributed by atoms with E-state index < -0.39 is 7.14 Å². The summed E-state index contributed by atoms with van der Waals surface area (Å²) in [6.45, 7) is 2.02. The topological polar surface area (TPSA) is 37.3 Å². The second kappa shape index (κ2) is 8.15. The summed E-state index contributed by atoms with van der Waals surface area (Å²) in [5.41, 5.74) is 2.77. The Labute approximate surface area is 188 Å². The van der Waals surface area contributed by atoms with Crippen LogP contribution in [0.1, 0.15) is 5.56 Å². The molecule has 0 unspecified atom stereocenters. The van der Waals surface area contributed by atoms with Gasteiger partial charge in [-0.2, -0.15) is 0 Å². The van der Waals surface area contributed by atoms with Crippen LogP contribution in [0, 0.1) is 6.92 Å². The minimum Gasteiger partial charge on any atom is -0.507 e. The van der Waals surface area contributed by atoms with Gasteiger partial charge in [0.05, 0.1) is 0 Å². The molecule has 32 heavy (non-hydrogen) atoms. The number of phenols is 1. The summed E-state index contributed by atoms with van der Waals surface area (Å²) in [7, 11) is -3.28. The van der Waals surface area contributed by atoms with Crippen molar-refractivity contribution in [2.45, 2.75) is 6.92 Å². The number of aromatic hydroxyl groups is 1. The molecule has 0 bridgehead atoms. The van der Waals surface area contributed by atoms with Gasteiger partial charge in [-0.25, -0.2) is 0 Å². The van der Waals surface area contributed by atoms with Gasteiger partial charge in [0.15, 0.2) is 7.14 Å². The summed E-state index contributed by atoms with van der Waals surface area (Å²) in [4.78, 5) is 0. The third kappa shape index (κ3) is 3.34. The van der Waals surface area contributed by atoms with Crippen LogP contribution in [0.25, 0.3) is 21.9 Å². The van der Waals surface area contributed by atoms with E-state index in [1.165, 1.54) is 0 Å². The van der Waals surface area contributed by atoms with Crippen LogP contribution in [0.15, 0.2) is 115 Å². The van der Waals surface area contributed by atoms with Crippen LogP contribution in [0.5, 0.6) is 5.75 Å². The Bertz CT molecular complexity index is 1400. The molecule has 0 atom stereocenters. The van der Waals surface area contributed by atoms with Crippen molar-refractivity contribution in [2.24, 2.45) is 0 Å². The van der Waals surface area contributed by atoms with Crippen molar-refractivity contribution >= 4 is 33.8 Å². The van der Waals surface area contributed by atoms with Gasteiger partial charge in [-0.05, 0) is 29.5 Å². The lowest BCUT2D eigenvalue weighted by molar-refractivity contribution is 0.482. The lowest BCUT2D eigenvalue weighted by Crippen LogP contribution is -2.27. The average Bonchev–Trinajstić information content (AvgIpc) is 2.85. The summed E-state index contributed by atoms with van der Waals surface area (Å²) in [6, 6.07) is 37.0. The molecule has 5 aromatic rings.